The van der Waals surface area contributed by atoms with Crippen LogP contribution in [0.4, 0.5) is 0 Å². The van der Waals surface area contributed by atoms with Crippen LogP contribution in [0.2, 0.25) is 0 Å². The number of rotatable bonds is 24. The number of carboxylic acid groups (broad SMARTS) is 6. The van der Waals surface area contributed by atoms with Crippen LogP contribution in [-0.2, 0) is 33.6 Å². The van der Waals surface area contributed by atoms with Crippen molar-refractivity contribution in [2.45, 2.75) is 116 Å². The van der Waals surface area contributed by atoms with Crippen molar-refractivity contribution >= 4 is 41.7 Å². The highest BCUT2D eigenvalue weighted by atomic mass is 16.4. The first-order valence-corrected chi connectivity index (χ1v) is 21.1. The molecular formula is C41H66N4O14. The van der Waals surface area contributed by atoms with Crippen molar-refractivity contribution in [2.75, 3.05) is 52.4 Å². The van der Waals surface area contributed by atoms with Gasteiger partial charge >= 0.3 is 35.8 Å². The van der Waals surface area contributed by atoms with Crippen molar-refractivity contribution in [1.82, 2.24) is 20.0 Å². The van der Waals surface area contributed by atoms with E-state index in [0.717, 1.165) is 54.7 Å². The zero-order valence-corrected chi connectivity index (χ0v) is 34.7. The fourth-order valence-electron chi connectivity index (χ4n) is 12.1. The number of aliphatic carboxylic acids is 6. The Labute approximate surface area is 345 Å². The van der Waals surface area contributed by atoms with Gasteiger partial charge in [-0.1, -0.05) is 20.8 Å². The molecular weight excluding hydrogens is 772 g/mol. The Morgan fingerprint density at radius 2 is 1.22 bits per heavy atom. The quantitative estimate of drug-likeness (QED) is 0.0691. The van der Waals surface area contributed by atoms with Crippen molar-refractivity contribution in [1.29, 1.82) is 0 Å². The van der Waals surface area contributed by atoms with Gasteiger partial charge in [0.25, 0.3) is 0 Å². The predicted octanol–water partition coefficient (Wildman–Crippen LogP) is 2.08. The number of aliphatic hydroxyl groups is 1. The van der Waals surface area contributed by atoms with Gasteiger partial charge in [-0.15, -0.1) is 0 Å². The maximum absolute atomic E-state index is 13.5. The number of amides is 1. The van der Waals surface area contributed by atoms with Gasteiger partial charge in [0.05, 0.1) is 32.3 Å². The second-order valence-electron chi connectivity index (χ2n) is 18.3. The summed E-state index contributed by atoms with van der Waals surface area (Å²) >= 11 is 0. The molecule has 0 aliphatic heterocycles. The summed E-state index contributed by atoms with van der Waals surface area (Å²) in [4.78, 5) is 86.6. The van der Waals surface area contributed by atoms with Crippen LogP contribution in [0.5, 0.6) is 0 Å². The minimum absolute atomic E-state index is 0.0152. The molecule has 11 atom stereocenters. The van der Waals surface area contributed by atoms with Crippen molar-refractivity contribution in [3.05, 3.63) is 0 Å². The molecule has 59 heavy (non-hydrogen) atoms. The molecule has 4 fully saturated rings. The maximum Gasteiger partial charge on any atom is 0.320 e. The van der Waals surface area contributed by atoms with Gasteiger partial charge in [0.2, 0.25) is 5.91 Å². The second-order valence-corrected chi connectivity index (χ2v) is 18.3. The van der Waals surface area contributed by atoms with Gasteiger partial charge in [0.1, 0.15) is 6.04 Å². The Morgan fingerprint density at radius 3 is 1.73 bits per heavy atom. The van der Waals surface area contributed by atoms with Crippen LogP contribution in [0.1, 0.15) is 97.8 Å². The molecule has 8 N–H and O–H groups in total. The number of carboxylic acids is 6. The largest absolute Gasteiger partial charge is 0.481 e. The topological polar surface area (TPSA) is 283 Å². The summed E-state index contributed by atoms with van der Waals surface area (Å²) < 4.78 is 0. The predicted molar refractivity (Wildman–Crippen MR) is 210 cm³/mol. The summed E-state index contributed by atoms with van der Waals surface area (Å²) in [5.74, 6) is -5.61. The maximum atomic E-state index is 13.5. The molecule has 18 nitrogen and oxygen atoms in total. The molecule has 0 radical (unpaired) electrons. The molecule has 0 spiro atoms. The third-order valence-corrected chi connectivity index (χ3v) is 14.9. The SMILES string of the molecule is CC(CCC(=O)O)[C@H]1CCC2C3CCC4C[C@H](NC(=O)CC[C@H](C(=O)O)N(CCN(CC(=O)O)CC(=O)O)CCN(CC(=O)O)CC(=O)O)CC[C@]4(C)C3C[C@H](O)[C@@]21C. The Balaban J connectivity index is 1.39. The van der Waals surface area contributed by atoms with Crippen LogP contribution in [0.15, 0.2) is 0 Å². The van der Waals surface area contributed by atoms with Crippen molar-refractivity contribution in [2.24, 2.45) is 46.3 Å². The molecule has 4 aliphatic carbocycles. The number of hydrogen-bond acceptors (Lipinski definition) is 11. The van der Waals surface area contributed by atoms with Crippen LogP contribution in [-0.4, -0.2) is 163 Å². The van der Waals surface area contributed by atoms with Gasteiger partial charge in [0.15, 0.2) is 0 Å². The van der Waals surface area contributed by atoms with Gasteiger partial charge < -0.3 is 41.1 Å². The van der Waals surface area contributed by atoms with E-state index in [2.05, 4.69) is 26.1 Å². The monoisotopic (exact) mass is 838 g/mol. The van der Waals surface area contributed by atoms with E-state index < -0.39 is 74.1 Å². The number of hydrogen-bond donors (Lipinski definition) is 8. The Hall–Kier alpha value is -3.87. The van der Waals surface area contributed by atoms with Crippen molar-refractivity contribution < 1.29 is 69.3 Å². The zero-order valence-electron chi connectivity index (χ0n) is 34.7. The molecule has 5 unspecified atom stereocenters. The molecule has 0 heterocycles. The third kappa shape index (κ3) is 12.1. The first-order chi connectivity index (χ1) is 27.6. The minimum atomic E-state index is -1.31. The average molecular weight is 839 g/mol. The van der Waals surface area contributed by atoms with E-state index in [4.69, 9.17) is 0 Å². The number of fused-ring (bicyclic) bond motifs is 5. The van der Waals surface area contributed by atoms with E-state index in [1.807, 2.05) is 0 Å². The molecule has 0 aromatic carbocycles. The lowest BCUT2D eigenvalue weighted by Crippen LogP contribution is -2.59. The van der Waals surface area contributed by atoms with E-state index in [9.17, 15) is 69.3 Å². The lowest BCUT2D eigenvalue weighted by atomic mass is 9.43. The fraction of sp³-hybridized carbons (Fsp3) is 0.829. The number of carbonyl (C=O) groups excluding carboxylic acids is 1. The van der Waals surface area contributed by atoms with Crippen LogP contribution in [0.3, 0.4) is 0 Å². The van der Waals surface area contributed by atoms with Crippen LogP contribution in [0, 0.1) is 46.3 Å². The van der Waals surface area contributed by atoms with E-state index >= 15 is 0 Å². The van der Waals surface area contributed by atoms with Crippen LogP contribution >= 0.6 is 0 Å². The molecule has 0 aromatic rings. The molecule has 0 saturated heterocycles. The van der Waals surface area contributed by atoms with Crippen LogP contribution < -0.4 is 5.32 Å². The first-order valence-electron chi connectivity index (χ1n) is 21.1. The zero-order chi connectivity index (χ0) is 43.8. The van der Waals surface area contributed by atoms with Gasteiger partial charge in [-0.2, -0.15) is 0 Å². The number of nitrogens with one attached hydrogen (secondary N) is 1. The normalized spacial score (nSPS) is 31.1. The smallest absolute Gasteiger partial charge is 0.320 e. The van der Waals surface area contributed by atoms with Crippen LogP contribution in [0.25, 0.3) is 0 Å². The van der Waals surface area contributed by atoms with Crippen molar-refractivity contribution in [3.63, 3.8) is 0 Å². The summed E-state index contributed by atoms with van der Waals surface area (Å²) in [5, 5.41) is 71.8. The number of carbonyl (C=O) groups is 7. The molecule has 4 saturated carbocycles. The first kappa shape index (κ1) is 47.8. The summed E-state index contributed by atoms with van der Waals surface area (Å²) in [5.41, 5.74) is -0.262. The average Bonchev–Trinajstić information content (AvgIpc) is 3.49. The molecule has 1 amide bonds. The van der Waals surface area contributed by atoms with E-state index in [1.54, 1.807) is 0 Å². The molecule has 0 bridgehead atoms. The van der Waals surface area contributed by atoms with E-state index in [-0.39, 0.29) is 80.1 Å². The summed E-state index contributed by atoms with van der Waals surface area (Å²) in [6, 6.07) is -1.43. The standard InChI is InChI=1S/C41H66N4O14/c1-24(4-11-34(48)49)28-7-8-29-27-6-5-25-18-26(12-13-40(25,2)30(27)19-32(46)41(28,29)3)42-33(47)10-9-31(39(58)59)45(16-14-43(20-35(50)51)21-36(52)53)17-15-44(22-37(54)55)23-38(56)57/h24-32,46H,4-23H2,1-3H3,(H,42,47)(H,48,49)(H,50,51)(H,52,53)(H,54,55)(H,56,57)(H,58,59)/t24?,25?,26-,27?,28-,29?,30?,31-,32+,40+,41-/m1/s1. The van der Waals surface area contributed by atoms with Gasteiger partial charge in [0, 0.05) is 45.1 Å². The molecule has 4 aliphatic rings. The lowest BCUT2D eigenvalue weighted by molar-refractivity contribution is -0.170. The number of aliphatic hydroxyl groups excluding tert-OH is 1. The molecule has 0 aromatic heterocycles. The Morgan fingerprint density at radius 1 is 0.661 bits per heavy atom. The number of nitrogens with zero attached hydrogens (tertiary/aromatic N) is 3. The lowest BCUT2D eigenvalue weighted by Gasteiger charge is -2.62. The molecule has 4 rings (SSSR count). The second kappa shape index (κ2) is 20.6. The highest BCUT2D eigenvalue weighted by molar-refractivity contribution is 5.79. The molecule has 334 valence electrons. The highest BCUT2D eigenvalue weighted by Crippen LogP contribution is 2.68. The summed E-state index contributed by atoms with van der Waals surface area (Å²) in [7, 11) is 0. The Bertz CT molecular complexity index is 1470. The molecule has 18 heteroatoms. The third-order valence-electron chi connectivity index (χ3n) is 14.9. The summed E-state index contributed by atoms with van der Waals surface area (Å²) in [6.45, 7) is 3.51. The van der Waals surface area contributed by atoms with Gasteiger partial charge in [-0.25, -0.2) is 0 Å². The summed E-state index contributed by atoms with van der Waals surface area (Å²) in [6.07, 6.45) is 7.09. The highest BCUT2D eigenvalue weighted by Gasteiger charge is 2.63. The van der Waals surface area contributed by atoms with E-state index in [0.29, 0.717) is 36.5 Å². The minimum Gasteiger partial charge on any atom is -0.481 e. The van der Waals surface area contributed by atoms with Gasteiger partial charge in [-0.05, 0) is 111 Å². The van der Waals surface area contributed by atoms with E-state index in [1.165, 1.54) is 4.90 Å². The Kier molecular flexibility index (Phi) is 16.7. The van der Waals surface area contributed by atoms with Crippen molar-refractivity contribution in [3.8, 4) is 0 Å². The fourth-order valence-corrected chi connectivity index (χ4v) is 12.1. The van der Waals surface area contributed by atoms with Gasteiger partial charge in [-0.3, -0.25) is 48.3 Å².